The van der Waals surface area contributed by atoms with E-state index in [2.05, 4.69) is 28.8 Å². The molecule has 4 amide bonds. The lowest BCUT2D eigenvalue weighted by Crippen LogP contribution is -2.64. The summed E-state index contributed by atoms with van der Waals surface area (Å²) in [6, 6.07) is 20.3. The maximum atomic E-state index is 12.0. The SMILES string of the molecule is CCC1(c2ccccc2)C(=O)NC(=O)NC1=O.COc1ccc2cc(CCC(C)=O)ccc2c1. The molecule has 3 aromatic carbocycles. The Kier molecular flexibility index (Phi) is 7.79. The van der Waals surface area contributed by atoms with Gasteiger partial charge >= 0.3 is 6.03 Å². The van der Waals surface area contributed by atoms with E-state index in [0.717, 1.165) is 17.6 Å². The van der Waals surface area contributed by atoms with Crippen molar-refractivity contribution >= 4 is 34.4 Å². The minimum absolute atomic E-state index is 0.236. The summed E-state index contributed by atoms with van der Waals surface area (Å²) in [6.45, 7) is 3.37. The summed E-state index contributed by atoms with van der Waals surface area (Å²) in [5, 5.41) is 6.63. The van der Waals surface area contributed by atoms with Gasteiger partial charge in [-0.3, -0.25) is 20.2 Å². The molecular formula is C27H28N2O5. The van der Waals surface area contributed by atoms with E-state index in [0.29, 0.717) is 18.4 Å². The number of barbiturate groups is 1. The smallest absolute Gasteiger partial charge is 0.328 e. The van der Waals surface area contributed by atoms with Crippen LogP contribution in [-0.2, 0) is 26.2 Å². The number of urea groups is 1. The van der Waals surface area contributed by atoms with Gasteiger partial charge in [-0.15, -0.1) is 0 Å². The van der Waals surface area contributed by atoms with Crippen molar-refractivity contribution in [1.29, 1.82) is 0 Å². The Bertz CT molecular complexity index is 1200. The summed E-state index contributed by atoms with van der Waals surface area (Å²) in [5.41, 5.74) is 0.484. The highest BCUT2D eigenvalue weighted by Gasteiger charge is 2.50. The summed E-state index contributed by atoms with van der Waals surface area (Å²) in [5.74, 6) is -0.0336. The summed E-state index contributed by atoms with van der Waals surface area (Å²) in [6.07, 6.45) is 1.72. The lowest BCUT2D eigenvalue weighted by Gasteiger charge is -2.33. The van der Waals surface area contributed by atoms with Crippen LogP contribution in [0.5, 0.6) is 5.75 Å². The fraction of sp³-hybridized carbons (Fsp3) is 0.259. The molecule has 0 aliphatic carbocycles. The molecule has 0 aromatic heterocycles. The topological polar surface area (TPSA) is 102 Å². The number of ketones is 1. The molecule has 7 heteroatoms. The van der Waals surface area contributed by atoms with Gasteiger partial charge in [-0.1, -0.05) is 61.5 Å². The fourth-order valence-corrected chi connectivity index (χ4v) is 3.94. The van der Waals surface area contributed by atoms with E-state index in [1.165, 1.54) is 10.9 Å². The van der Waals surface area contributed by atoms with Crippen molar-refractivity contribution in [3.8, 4) is 5.75 Å². The van der Waals surface area contributed by atoms with Gasteiger partial charge in [0.2, 0.25) is 11.8 Å². The number of aryl methyl sites for hydroxylation is 1. The molecule has 1 heterocycles. The van der Waals surface area contributed by atoms with Crippen LogP contribution >= 0.6 is 0 Å². The number of methoxy groups -OCH3 is 1. The van der Waals surface area contributed by atoms with E-state index < -0.39 is 23.3 Å². The monoisotopic (exact) mass is 460 g/mol. The number of imide groups is 2. The van der Waals surface area contributed by atoms with Gasteiger partial charge in [-0.25, -0.2) is 4.79 Å². The summed E-state index contributed by atoms with van der Waals surface area (Å²) in [7, 11) is 1.67. The van der Waals surface area contributed by atoms with E-state index >= 15 is 0 Å². The van der Waals surface area contributed by atoms with Gasteiger partial charge in [-0.2, -0.15) is 0 Å². The molecule has 2 N–H and O–H groups in total. The van der Waals surface area contributed by atoms with Crippen LogP contribution in [0, 0.1) is 0 Å². The zero-order valence-corrected chi connectivity index (χ0v) is 19.5. The molecule has 1 fully saturated rings. The molecule has 1 aliphatic heterocycles. The van der Waals surface area contributed by atoms with Gasteiger partial charge in [0.25, 0.3) is 0 Å². The van der Waals surface area contributed by atoms with Gasteiger partial charge in [-0.05, 0) is 53.8 Å². The van der Waals surface area contributed by atoms with Crippen molar-refractivity contribution in [2.75, 3.05) is 7.11 Å². The Hall–Kier alpha value is -4.00. The largest absolute Gasteiger partial charge is 0.497 e. The second kappa shape index (κ2) is 10.7. The van der Waals surface area contributed by atoms with Crippen LogP contribution in [0.15, 0.2) is 66.7 Å². The van der Waals surface area contributed by atoms with Crippen molar-refractivity contribution in [2.45, 2.75) is 38.5 Å². The van der Waals surface area contributed by atoms with E-state index in [-0.39, 0.29) is 5.78 Å². The van der Waals surface area contributed by atoms with E-state index in [1.54, 1.807) is 51.3 Å². The van der Waals surface area contributed by atoms with Crippen molar-refractivity contribution in [2.24, 2.45) is 0 Å². The van der Waals surface area contributed by atoms with Crippen LogP contribution in [0.2, 0.25) is 0 Å². The lowest BCUT2D eigenvalue weighted by atomic mass is 9.75. The minimum atomic E-state index is -1.31. The Morgan fingerprint density at radius 1 is 0.882 bits per heavy atom. The molecule has 0 saturated carbocycles. The first kappa shape index (κ1) is 24.6. The quantitative estimate of drug-likeness (QED) is 0.540. The zero-order valence-electron chi connectivity index (χ0n) is 19.5. The Balaban J connectivity index is 0.000000191. The molecule has 1 aliphatic rings. The van der Waals surface area contributed by atoms with Crippen LogP contribution in [0.25, 0.3) is 10.8 Å². The highest BCUT2D eigenvalue weighted by molar-refractivity contribution is 6.22. The highest BCUT2D eigenvalue weighted by atomic mass is 16.5. The molecule has 1 saturated heterocycles. The number of carbonyl (C=O) groups is 4. The molecule has 176 valence electrons. The van der Waals surface area contributed by atoms with Crippen molar-refractivity contribution in [3.05, 3.63) is 77.9 Å². The standard InChI is InChI=1S/C15H16O2.C12H12N2O3/c1-11(16)3-4-12-5-6-14-10-15(17-2)8-7-13(14)9-12;1-2-12(8-6-4-3-5-7-8)9(15)13-11(17)14-10(12)16/h5-10H,3-4H2,1-2H3;3-7H,2H2,1H3,(H2,13,14,15,16,17). The molecule has 7 nitrogen and oxygen atoms in total. The summed E-state index contributed by atoms with van der Waals surface area (Å²) < 4.78 is 5.19. The third kappa shape index (κ3) is 5.31. The molecule has 0 unspecified atom stereocenters. The number of hydrogen-bond acceptors (Lipinski definition) is 5. The average Bonchev–Trinajstić information content (AvgIpc) is 2.83. The van der Waals surface area contributed by atoms with Gasteiger partial charge in [0.1, 0.15) is 11.5 Å². The summed E-state index contributed by atoms with van der Waals surface area (Å²) >= 11 is 0. The van der Waals surface area contributed by atoms with Crippen LogP contribution in [-0.4, -0.2) is 30.7 Å². The number of rotatable bonds is 6. The van der Waals surface area contributed by atoms with Gasteiger partial charge in [0.15, 0.2) is 5.41 Å². The van der Waals surface area contributed by atoms with Crippen LogP contribution in [0.4, 0.5) is 4.79 Å². The van der Waals surface area contributed by atoms with Crippen LogP contribution in [0.3, 0.4) is 0 Å². The molecule has 0 radical (unpaired) electrons. The average molecular weight is 461 g/mol. The summed E-state index contributed by atoms with van der Waals surface area (Å²) in [4.78, 5) is 46.0. The number of carbonyl (C=O) groups excluding carboxylic acids is 4. The number of Topliss-reactive ketones (excluding diaryl/α,β-unsaturated/α-hetero) is 1. The first-order valence-corrected chi connectivity index (χ1v) is 11.1. The molecule has 0 bridgehead atoms. The minimum Gasteiger partial charge on any atom is -0.497 e. The second-order valence-electron chi connectivity index (χ2n) is 8.11. The Morgan fingerprint density at radius 3 is 2.09 bits per heavy atom. The Labute approximate surface area is 198 Å². The third-order valence-electron chi connectivity index (χ3n) is 5.90. The Morgan fingerprint density at radius 2 is 1.50 bits per heavy atom. The molecule has 0 atom stereocenters. The fourth-order valence-electron chi connectivity index (χ4n) is 3.94. The van der Waals surface area contributed by atoms with E-state index in [4.69, 9.17) is 4.74 Å². The zero-order chi connectivity index (χ0) is 24.7. The van der Waals surface area contributed by atoms with Crippen LogP contribution in [0.1, 0.15) is 37.8 Å². The lowest BCUT2D eigenvalue weighted by molar-refractivity contribution is -0.138. The number of ether oxygens (including phenoxy) is 1. The number of amides is 4. The molecule has 0 spiro atoms. The van der Waals surface area contributed by atoms with Crippen molar-refractivity contribution in [1.82, 2.24) is 10.6 Å². The predicted octanol–water partition coefficient (Wildman–Crippen LogP) is 4.07. The molecule has 4 rings (SSSR count). The van der Waals surface area contributed by atoms with Crippen molar-refractivity contribution in [3.63, 3.8) is 0 Å². The van der Waals surface area contributed by atoms with E-state index in [9.17, 15) is 19.2 Å². The van der Waals surface area contributed by atoms with Crippen LogP contribution < -0.4 is 15.4 Å². The second-order valence-corrected chi connectivity index (χ2v) is 8.11. The van der Waals surface area contributed by atoms with E-state index in [1.807, 2.05) is 18.2 Å². The number of hydrogen-bond donors (Lipinski definition) is 2. The normalized spacial score (nSPS) is 14.5. The van der Waals surface area contributed by atoms with Crippen molar-refractivity contribution < 1.29 is 23.9 Å². The maximum Gasteiger partial charge on any atom is 0.328 e. The van der Waals surface area contributed by atoms with Gasteiger partial charge in [0, 0.05) is 6.42 Å². The van der Waals surface area contributed by atoms with Gasteiger partial charge in [0.05, 0.1) is 7.11 Å². The number of benzene rings is 3. The number of nitrogens with one attached hydrogen (secondary N) is 2. The number of fused-ring (bicyclic) bond motifs is 1. The van der Waals surface area contributed by atoms with Gasteiger partial charge < -0.3 is 9.53 Å². The molecule has 3 aromatic rings. The first-order chi connectivity index (χ1) is 16.3. The molecular weight excluding hydrogens is 432 g/mol. The highest BCUT2D eigenvalue weighted by Crippen LogP contribution is 2.30. The molecule has 34 heavy (non-hydrogen) atoms. The maximum absolute atomic E-state index is 12.0. The first-order valence-electron chi connectivity index (χ1n) is 11.1. The predicted molar refractivity (Wildman–Crippen MR) is 130 cm³/mol. The third-order valence-corrected chi connectivity index (χ3v) is 5.90.